The Bertz CT molecular complexity index is 459. The molecular weight excluding hydrogens is 240 g/mol. The highest BCUT2D eigenvalue weighted by Gasteiger charge is 2.16. The summed E-state index contributed by atoms with van der Waals surface area (Å²) in [7, 11) is 0. The first-order valence-electron chi connectivity index (χ1n) is 6.69. The second kappa shape index (κ2) is 6.32. The molecule has 18 heavy (non-hydrogen) atoms. The van der Waals surface area contributed by atoms with Gasteiger partial charge in [-0.25, -0.2) is 0 Å². The van der Waals surface area contributed by atoms with Crippen molar-refractivity contribution >= 4 is 21.4 Å². The van der Waals surface area contributed by atoms with Crippen LogP contribution in [0.3, 0.4) is 0 Å². The molecule has 0 saturated carbocycles. The maximum Gasteiger partial charge on any atom is 0.0556 e. The van der Waals surface area contributed by atoms with Crippen LogP contribution in [0.1, 0.15) is 44.0 Å². The lowest BCUT2D eigenvalue weighted by atomic mass is 9.96. The fourth-order valence-electron chi connectivity index (χ4n) is 2.45. The predicted octanol–water partition coefficient (Wildman–Crippen LogP) is 4.23. The van der Waals surface area contributed by atoms with Crippen molar-refractivity contribution in [2.75, 3.05) is 0 Å². The van der Waals surface area contributed by atoms with Gasteiger partial charge in [0.05, 0.1) is 6.04 Å². The van der Waals surface area contributed by atoms with Crippen molar-refractivity contribution in [3.8, 4) is 0 Å². The third-order valence-electron chi connectivity index (χ3n) is 3.41. The van der Waals surface area contributed by atoms with Gasteiger partial charge in [-0.15, -0.1) is 11.3 Å². The number of hydrazine groups is 1. The predicted molar refractivity (Wildman–Crippen MR) is 80.6 cm³/mol. The van der Waals surface area contributed by atoms with Gasteiger partial charge in [0.1, 0.15) is 0 Å². The monoisotopic (exact) mass is 262 g/mol. The van der Waals surface area contributed by atoms with Crippen LogP contribution < -0.4 is 11.3 Å². The molecule has 0 fully saturated rings. The molecule has 0 spiro atoms. The number of nitrogens with two attached hydrogens (primary N) is 1. The zero-order valence-corrected chi connectivity index (χ0v) is 12.0. The zero-order chi connectivity index (χ0) is 13.0. The Morgan fingerprint density at radius 3 is 2.78 bits per heavy atom. The van der Waals surface area contributed by atoms with E-state index in [-0.39, 0.29) is 6.04 Å². The summed E-state index contributed by atoms with van der Waals surface area (Å²) >= 11 is 1.85. The standard InChI is InChI=1S/C15H22N2S/c1-3-6-11(2)9-13(17-16)15-10-12-7-4-5-8-14(12)18-15/h4-5,7-8,10-11,13,17H,3,6,9,16H2,1-2H3. The minimum Gasteiger partial charge on any atom is -0.271 e. The van der Waals surface area contributed by atoms with Crippen molar-refractivity contribution < 1.29 is 0 Å². The van der Waals surface area contributed by atoms with Crippen molar-refractivity contribution in [2.45, 2.75) is 39.2 Å². The van der Waals surface area contributed by atoms with E-state index in [9.17, 15) is 0 Å². The van der Waals surface area contributed by atoms with Crippen molar-refractivity contribution in [1.82, 2.24) is 5.43 Å². The Labute approximate surface area is 113 Å². The lowest BCUT2D eigenvalue weighted by Gasteiger charge is -2.18. The van der Waals surface area contributed by atoms with Gasteiger partial charge < -0.3 is 0 Å². The van der Waals surface area contributed by atoms with E-state index in [1.165, 1.54) is 27.8 Å². The highest BCUT2D eigenvalue weighted by Crippen LogP contribution is 2.32. The number of nitrogens with one attached hydrogen (secondary N) is 1. The van der Waals surface area contributed by atoms with E-state index >= 15 is 0 Å². The van der Waals surface area contributed by atoms with E-state index < -0.39 is 0 Å². The van der Waals surface area contributed by atoms with Gasteiger partial charge in [-0.1, -0.05) is 44.9 Å². The molecule has 2 nitrogen and oxygen atoms in total. The molecule has 1 aromatic heterocycles. The Kier molecular flexibility index (Phi) is 4.75. The number of rotatable bonds is 6. The average molecular weight is 262 g/mol. The maximum absolute atomic E-state index is 5.73. The average Bonchev–Trinajstić information content (AvgIpc) is 2.79. The number of hydrogen-bond acceptors (Lipinski definition) is 3. The smallest absolute Gasteiger partial charge is 0.0556 e. The number of benzene rings is 1. The molecule has 2 unspecified atom stereocenters. The van der Waals surface area contributed by atoms with Gasteiger partial charge >= 0.3 is 0 Å². The van der Waals surface area contributed by atoms with Crippen LogP contribution >= 0.6 is 11.3 Å². The van der Waals surface area contributed by atoms with E-state index in [4.69, 9.17) is 5.84 Å². The fourth-order valence-corrected chi connectivity index (χ4v) is 3.59. The maximum atomic E-state index is 5.73. The summed E-state index contributed by atoms with van der Waals surface area (Å²) in [5.41, 5.74) is 2.98. The Morgan fingerprint density at radius 1 is 1.33 bits per heavy atom. The van der Waals surface area contributed by atoms with Gasteiger partial charge in [0.25, 0.3) is 0 Å². The summed E-state index contributed by atoms with van der Waals surface area (Å²) in [5.74, 6) is 6.44. The summed E-state index contributed by atoms with van der Waals surface area (Å²) < 4.78 is 1.34. The van der Waals surface area contributed by atoms with Gasteiger partial charge in [-0.3, -0.25) is 11.3 Å². The second-order valence-corrected chi connectivity index (χ2v) is 6.15. The van der Waals surface area contributed by atoms with Crippen LogP contribution in [0.5, 0.6) is 0 Å². The Morgan fingerprint density at radius 2 is 2.11 bits per heavy atom. The molecule has 0 aliphatic heterocycles. The SMILES string of the molecule is CCCC(C)CC(NN)c1cc2ccccc2s1. The van der Waals surface area contributed by atoms with Crippen LogP contribution in [0.4, 0.5) is 0 Å². The first-order valence-corrected chi connectivity index (χ1v) is 7.50. The first kappa shape index (κ1) is 13.5. The first-order chi connectivity index (χ1) is 8.74. The summed E-state index contributed by atoms with van der Waals surface area (Å²) in [6, 6.07) is 11.1. The molecule has 1 aromatic carbocycles. The topological polar surface area (TPSA) is 38.0 Å². The third-order valence-corrected chi connectivity index (χ3v) is 4.64. The van der Waals surface area contributed by atoms with Gasteiger partial charge in [0, 0.05) is 9.58 Å². The largest absolute Gasteiger partial charge is 0.271 e. The lowest BCUT2D eigenvalue weighted by Crippen LogP contribution is -2.28. The van der Waals surface area contributed by atoms with E-state index in [0.717, 1.165) is 6.42 Å². The molecule has 3 heteroatoms. The molecule has 0 aliphatic rings. The minimum atomic E-state index is 0.281. The molecule has 1 heterocycles. The third kappa shape index (κ3) is 3.10. The molecule has 0 amide bonds. The molecule has 0 saturated heterocycles. The molecule has 0 bridgehead atoms. The van der Waals surface area contributed by atoms with Gasteiger partial charge in [-0.05, 0) is 29.9 Å². The molecule has 0 aliphatic carbocycles. The van der Waals surface area contributed by atoms with Crippen LogP contribution in [0, 0.1) is 5.92 Å². The highest BCUT2D eigenvalue weighted by molar-refractivity contribution is 7.19. The number of fused-ring (bicyclic) bond motifs is 1. The van der Waals surface area contributed by atoms with Crippen molar-refractivity contribution in [2.24, 2.45) is 11.8 Å². The molecule has 2 rings (SSSR count). The number of thiophene rings is 1. The molecule has 3 N–H and O–H groups in total. The summed E-state index contributed by atoms with van der Waals surface area (Å²) in [6.07, 6.45) is 3.62. The Hall–Kier alpha value is -0.900. The van der Waals surface area contributed by atoms with Crippen molar-refractivity contribution in [3.63, 3.8) is 0 Å². The van der Waals surface area contributed by atoms with E-state index in [1.807, 2.05) is 11.3 Å². The number of hydrogen-bond donors (Lipinski definition) is 2. The van der Waals surface area contributed by atoms with Crippen molar-refractivity contribution in [3.05, 3.63) is 35.2 Å². The van der Waals surface area contributed by atoms with Gasteiger partial charge in [0.15, 0.2) is 0 Å². The van der Waals surface area contributed by atoms with Crippen LogP contribution in [0.25, 0.3) is 10.1 Å². The Balaban J connectivity index is 2.16. The molecule has 0 radical (unpaired) electrons. The lowest BCUT2D eigenvalue weighted by molar-refractivity contribution is 0.398. The summed E-state index contributed by atoms with van der Waals surface area (Å²) in [6.45, 7) is 4.54. The van der Waals surface area contributed by atoms with Gasteiger partial charge in [0.2, 0.25) is 0 Å². The van der Waals surface area contributed by atoms with E-state index in [2.05, 4.69) is 49.6 Å². The van der Waals surface area contributed by atoms with E-state index in [1.54, 1.807) is 0 Å². The summed E-state index contributed by atoms with van der Waals surface area (Å²) in [5, 5.41) is 1.32. The minimum absolute atomic E-state index is 0.281. The summed E-state index contributed by atoms with van der Waals surface area (Å²) in [4.78, 5) is 1.35. The van der Waals surface area contributed by atoms with E-state index in [0.29, 0.717) is 5.92 Å². The highest BCUT2D eigenvalue weighted by atomic mass is 32.1. The normalized spacial score (nSPS) is 14.8. The quantitative estimate of drug-likeness (QED) is 0.604. The van der Waals surface area contributed by atoms with Crippen LogP contribution in [0.15, 0.2) is 30.3 Å². The molecular formula is C15H22N2S. The zero-order valence-electron chi connectivity index (χ0n) is 11.1. The van der Waals surface area contributed by atoms with Crippen LogP contribution in [-0.4, -0.2) is 0 Å². The molecule has 2 aromatic rings. The second-order valence-electron chi connectivity index (χ2n) is 5.04. The van der Waals surface area contributed by atoms with Crippen molar-refractivity contribution in [1.29, 1.82) is 0 Å². The van der Waals surface area contributed by atoms with Crippen LogP contribution in [0.2, 0.25) is 0 Å². The fraction of sp³-hybridized carbons (Fsp3) is 0.467. The molecule has 2 atom stereocenters. The van der Waals surface area contributed by atoms with Gasteiger partial charge in [-0.2, -0.15) is 0 Å². The molecule has 98 valence electrons. The van der Waals surface area contributed by atoms with Crippen LogP contribution in [-0.2, 0) is 0 Å².